The van der Waals surface area contributed by atoms with Crippen LogP contribution in [0.25, 0.3) is 5.57 Å². The van der Waals surface area contributed by atoms with Crippen molar-refractivity contribution in [3.8, 4) is 0 Å². The zero-order valence-corrected chi connectivity index (χ0v) is 7.32. The van der Waals surface area contributed by atoms with E-state index in [0.29, 0.717) is 10.6 Å². The largest absolute Gasteiger partial charge is 0.478 e. The fourth-order valence-corrected chi connectivity index (χ4v) is 1.66. The summed E-state index contributed by atoms with van der Waals surface area (Å²) in [6, 6.07) is 7.04. The van der Waals surface area contributed by atoms with Crippen LogP contribution in [0.2, 0.25) is 0 Å². The molecule has 0 fully saturated rings. The van der Waals surface area contributed by atoms with E-state index in [2.05, 4.69) is 4.99 Å². The highest BCUT2D eigenvalue weighted by molar-refractivity contribution is 6.32. The third-order valence-corrected chi connectivity index (χ3v) is 2.23. The molecule has 1 aliphatic heterocycles. The van der Waals surface area contributed by atoms with Crippen LogP contribution in [-0.4, -0.2) is 16.6 Å². The van der Waals surface area contributed by atoms with Gasteiger partial charge in [-0.25, -0.2) is 4.79 Å². The summed E-state index contributed by atoms with van der Waals surface area (Å²) in [6.07, 6.45) is 0. The first kappa shape index (κ1) is 8.26. The molecule has 0 saturated heterocycles. The molecule has 0 aliphatic carbocycles. The predicted octanol–water partition coefficient (Wildman–Crippen LogP) is 0.120. The van der Waals surface area contributed by atoms with Gasteiger partial charge in [0.2, 0.25) is 0 Å². The molecule has 0 amide bonds. The summed E-state index contributed by atoms with van der Waals surface area (Å²) in [5, 5.41) is 10.1. The minimum absolute atomic E-state index is 0.164. The highest BCUT2D eigenvalue weighted by atomic mass is 35.5. The van der Waals surface area contributed by atoms with Crippen LogP contribution in [0.5, 0.6) is 0 Å². The Morgan fingerprint density at radius 1 is 1.46 bits per heavy atom. The Bertz CT molecular complexity index is 481. The SMILES string of the molecule is O=C(O)C1=c2ccccc2=N[C@H]1Cl. The van der Waals surface area contributed by atoms with Gasteiger partial charge in [-0.3, -0.25) is 4.99 Å². The first-order valence-corrected chi connectivity index (χ1v) is 4.18. The van der Waals surface area contributed by atoms with Gasteiger partial charge in [-0.1, -0.05) is 29.8 Å². The minimum atomic E-state index is -1.01. The minimum Gasteiger partial charge on any atom is -0.478 e. The number of carbonyl (C=O) groups is 1. The van der Waals surface area contributed by atoms with Crippen LogP contribution in [0.1, 0.15) is 0 Å². The fourth-order valence-electron chi connectivity index (χ4n) is 1.35. The van der Waals surface area contributed by atoms with Gasteiger partial charge in [-0.2, -0.15) is 0 Å². The van der Waals surface area contributed by atoms with Crippen molar-refractivity contribution >= 4 is 23.1 Å². The molecule has 4 heteroatoms. The van der Waals surface area contributed by atoms with Crippen molar-refractivity contribution in [3.63, 3.8) is 0 Å². The van der Waals surface area contributed by atoms with E-state index < -0.39 is 11.5 Å². The molecule has 0 radical (unpaired) electrons. The number of para-hydroxylation sites is 1. The van der Waals surface area contributed by atoms with Gasteiger partial charge in [0, 0.05) is 5.22 Å². The van der Waals surface area contributed by atoms with Gasteiger partial charge in [0.25, 0.3) is 0 Å². The third-order valence-electron chi connectivity index (χ3n) is 1.92. The van der Waals surface area contributed by atoms with E-state index >= 15 is 0 Å². The Kier molecular flexibility index (Phi) is 1.81. The molecular formula is C9H6ClNO2. The Morgan fingerprint density at radius 2 is 2.15 bits per heavy atom. The fraction of sp³-hybridized carbons (Fsp3) is 0.111. The van der Waals surface area contributed by atoms with E-state index in [0.717, 1.165) is 0 Å². The summed E-state index contributed by atoms with van der Waals surface area (Å²) in [6.45, 7) is 0. The lowest BCUT2D eigenvalue weighted by Gasteiger charge is -1.97. The summed E-state index contributed by atoms with van der Waals surface area (Å²) >= 11 is 5.75. The summed E-state index contributed by atoms with van der Waals surface area (Å²) < 4.78 is 0. The van der Waals surface area contributed by atoms with Crippen LogP contribution in [-0.2, 0) is 4.79 Å². The third kappa shape index (κ3) is 1.21. The summed E-state index contributed by atoms with van der Waals surface area (Å²) in [4.78, 5) is 14.8. The van der Waals surface area contributed by atoms with Crippen molar-refractivity contribution in [3.05, 3.63) is 34.8 Å². The summed E-state index contributed by atoms with van der Waals surface area (Å²) in [5.74, 6) is -1.01. The van der Waals surface area contributed by atoms with E-state index in [4.69, 9.17) is 16.7 Å². The molecule has 2 rings (SSSR count). The van der Waals surface area contributed by atoms with Gasteiger partial charge in [0.05, 0.1) is 10.9 Å². The van der Waals surface area contributed by atoms with Crippen LogP contribution in [0.3, 0.4) is 0 Å². The Labute approximate surface area is 79.0 Å². The van der Waals surface area contributed by atoms with Crippen LogP contribution in [0, 0.1) is 0 Å². The lowest BCUT2D eigenvalue weighted by molar-refractivity contribution is -0.130. The van der Waals surface area contributed by atoms with Crippen molar-refractivity contribution in [1.29, 1.82) is 0 Å². The summed E-state index contributed by atoms with van der Waals surface area (Å²) in [7, 11) is 0. The second-order valence-corrected chi connectivity index (χ2v) is 3.11. The van der Waals surface area contributed by atoms with Gasteiger partial charge >= 0.3 is 5.97 Å². The number of benzene rings is 1. The maximum absolute atomic E-state index is 10.8. The standard InChI is InChI=1S/C9H6ClNO2/c10-8-7(9(12)13)5-3-1-2-4-6(5)11-8/h1-4,8H,(H,12,13)/t8-/m1/s1. The Hall–Kier alpha value is -1.35. The highest BCUT2D eigenvalue weighted by Crippen LogP contribution is 2.12. The molecule has 1 heterocycles. The highest BCUT2D eigenvalue weighted by Gasteiger charge is 2.22. The zero-order valence-electron chi connectivity index (χ0n) is 6.57. The molecule has 0 saturated carbocycles. The monoisotopic (exact) mass is 195 g/mol. The maximum atomic E-state index is 10.8. The molecule has 0 bridgehead atoms. The van der Waals surface area contributed by atoms with E-state index in [-0.39, 0.29) is 5.57 Å². The second-order valence-electron chi connectivity index (χ2n) is 2.70. The number of alkyl halides is 1. The van der Waals surface area contributed by atoms with E-state index in [1.165, 1.54) is 0 Å². The van der Waals surface area contributed by atoms with E-state index in [1.807, 2.05) is 0 Å². The normalized spacial score (nSPS) is 19.5. The lowest BCUT2D eigenvalue weighted by atomic mass is 10.2. The number of nitrogens with zero attached hydrogens (tertiary/aromatic N) is 1. The first-order chi connectivity index (χ1) is 6.20. The van der Waals surface area contributed by atoms with Gasteiger partial charge in [0.15, 0.2) is 5.50 Å². The topological polar surface area (TPSA) is 49.7 Å². The van der Waals surface area contributed by atoms with Crippen LogP contribution in [0.15, 0.2) is 29.3 Å². The molecule has 0 aromatic heterocycles. The first-order valence-electron chi connectivity index (χ1n) is 3.74. The number of aliphatic carboxylic acids is 1. The number of carboxylic acid groups (broad SMARTS) is 1. The number of hydrogen-bond donors (Lipinski definition) is 1. The smallest absolute Gasteiger partial charge is 0.335 e. The van der Waals surface area contributed by atoms with E-state index in [9.17, 15) is 4.79 Å². The van der Waals surface area contributed by atoms with Crippen LogP contribution in [0.4, 0.5) is 0 Å². The van der Waals surface area contributed by atoms with E-state index in [1.54, 1.807) is 24.3 Å². The maximum Gasteiger partial charge on any atom is 0.335 e. The van der Waals surface area contributed by atoms with Gasteiger partial charge in [-0.15, -0.1) is 0 Å². The second kappa shape index (κ2) is 2.85. The quantitative estimate of drug-likeness (QED) is 0.511. The average molecular weight is 196 g/mol. The molecule has 1 N–H and O–H groups in total. The zero-order chi connectivity index (χ0) is 9.42. The van der Waals surface area contributed by atoms with Crippen molar-refractivity contribution in [2.45, 2.75) is 5.50 Å². The number of fused-ring (bicyclic) bond motifs is 1. The Morgan fingerprint density at radius 3 is 2.85 bits per heavy atom. The lowest BCUT2D eigenvalue weighted by Crippen LogP contribution is -2.24. The Balaban J connectivity index is 2.84. The molecule has 1 aromatic carbocycles. The predicted molar refractivity (Wildman–Crippen MR) is 47.9 cm³/mol. The molecular weight excluding hydrogens is 190 g/mol. The number of rotatable bonds is 1. The number of halogens is 1. The summed E-state index contributed by atoms with van der Waals surface area (Å²) in [5.41, 5.74) is -0.591. The van der Waals surface area contributed by atoms with Gasteiger partial charge < -0.3 is 5.11 Å². The molecule has 1 atom stereocenters. The molecule has 1 aliphatic rings. The number of carboxylic acids is 1. The van der Waals surface area contributed by atoms with Crippen LogP contribution >= 0.6 is 11.6 Å². The average Bonchev–Trinajstić information content (AvgIpc) is 2.39. The molecule has 13 heavy (non-hydrogen) atoms. The molecule has 0 spiro atoms. The molecule has 1 aromatic rings. The van der Waals surface area contributed by atoms with Gasteiger partial charge in [0.1, 0.15) is 0 Å². The van der Waals surface area contributed by atoms with Gasteiger partial charge in [-0.05, 0) is 6.07 Å². The molecule has 66 valence electrons. The molecule has 3 nitrogen and oxygen atoms in total. The van der Waals surface area contributed by atoms with Crippen molar-refractivity contribution in [2.75, 3.05) is 0 Å². The van der Waals surface area contributed by atoms with Crippen molar-refractivity contribution in [2.24, 2.45) is 4.99 Å². The molecule has 0 unspecified atom stereocenters. The number of hydrogen-bond acceptors (Lipinski definition) is 2. The van der Waals surface area contributed by atoms with Crippen LogP contribution < -0.4 is 10.6 Å². The van der Waals surface area contributed by atoms with Crippen molar-refractivity contribution in [1.82, 2.24) is 0 Å². The van der Waals surface area contributed by atoms with Crippen molar-refractivity contribution < 1.29 is 9.90 Å².